The van der Waals surface area contributed by atoms with Crippen LogP contribution in [0.15, 0.2) is 24.3 Å². The van der Waals surface area contributed by atoms with Gasteiger partial charge in [-0.25, -0.2) is 0 Å². The predicted molar refractivity (Wildman–Crippen MR) is 89.3 cm³/mol. The molecule has 5 heteroatoms. The normalized spacial score (nSPS) is 17.4. The zero-order valence-electron chi connectivity index (χ0n) is 14.2. The first-order valence-electron chi connectivity index (χ1n) is 8.28. The molecule has 1 aliphatic heterocycles. The molecule has 1 fully saturated rings. The van der Waals surface area contributed by atoms with Crippen molar-refractivity contribution in [1.29, 1.82) is 0 Å². The molecule has 0 saturated carbocycles. The second-order valence-corrected chi connectivity index (χ2v) is 6.22. The monoisotopic (exact) mass is 318 g/mol. The van der Waals surface area contributed by atoms with E-state index in [4.69, 9.17) is 4.74 Å². The van der Waals surface area contributed by atoms with Gasteiger partial charge in [0.25, 0.3) is 0 Å². The summed E-state index contributed by atoms with van der Waals surface area (Å²) in [4.78, 5) is 25.4. The Bertz CT molecular complexity index is 540. The first kappa shape index (κ1) is 17.3. The summed E-state index contributed by atoms with van der Waals surface area (Å²) in [6.45, 7) is 6.77. The average molecular weight is 318 g/mol. The highest BCUT2D eigenvalue weighted by Gasteiger charge is 2.31. The summed E-state index contributed by atoms with van der Waals surface area (Å²) in [6.07, 6.45) is 2.58. The van der Waals surface area contributed by atoms with E-state index in [0.29, 0.717) is 13.1 Å². The van der Waals surface area contributed by atoms with Gasteiger partial charge in [0.15, 0.2) is 0 Å². The number of amides is 2. The van der Waals surface area contributed by atoms with Crippen LogP contribution in [-0.2, 0) is 16.0 Å². The van der Waals surface area contributed by atoms with Gasteiger partial charge in [-0.05, 0) is 50.8 Å². The molecule has 0 bridgehead atoms. The molecule has 1 aromatic rings. The van der Waals surface area contributed by atoms with Crippen LogP contribution in [0.2, 0.25) is 0 Å². The van der Waals surface area contributed by atoms with E-state index < -0.39 is 0 Å². The minimum atomic E-state index is -0.297. The first-order chi connectivity index (χ1) is 11.0. The molecule has 1 atom stereocenters. The van der Waals surface area contributed by atoms with E-state index in [2.05, 4.69) is 5.32 Å². The van der Waals surface area contributed by atoms with Crippen molar-refractivity contribution in [3.05, 3.63) is 29.8 Å². The van der Waals surface area contributed by atoms with E-state index in [1.165, 1.54) is 6.92 Å². The van der Waals surface area contributed by atoms with Crippen LogP contribution in [0.1, 0.15) is 39.2 Å². The largest absolute Gasteiger partial charge is 0.491 e. The first-order valence-corrected chi connectivity index (χ1v) is 8.28. The maximum absolute atomic E-state index is 12.2. The fourth-order valence-electron chi connectivity index (χ4n) is 2.87. The van der Waals surface area contributed by atoms with E-state index in [1.807, 2.05) is 38.1 Å². The second-order valence-electron chi connectivity index (χ2n) is 6.22. The van der Waals surface area contributed by atoms with Crippen molar-refractivity contribution in [1.82, 2.24) is 10.2 Å². The fraction of sp³-hybridized carbons (Fsp3) is 0.556. The summed E-state index contributed by atoms with van der Waals surface area (Å²) >= 11 is 0. The molecule has 1 heterocycles. The Labute approximate surface area is 138 Å². The highest BCUT2D eigenvalue weighted by Crippen LogP contribution is 2.17. The van der Waals surface area contributed by atoms with Crippen LogP contribution in [0.5, 0.6) is 5.75 Å². The number of carbonyl (C=O) groups excluding carboxylic acids is 2. The van der Waals surface area contributed by atoms with Crippen molar-refractivity contribution in [3.63, 3.8) is 0 Å². The molecule has 0 radical (unpaired) electrons. The van der Waals surface area contributed by atoms with Gasteiger partial charge in [-0.3, -0.25) is 9.59 Å². The molecule has 23 heavy (non-hydrogen) atoms. The Balaban J connectivity index is 1.78. The maximum atomic E-state index is 12.2. The number of hydrogen-bond donors (Lipinski definition) is 1. The van der Waals surface area contributed by atoms with Gasteiger partial charge in [-0.1, -0.05) is 12.1 Å². The van der Waals surface area contributed by atoms with E-state index >= 15 is 0 Å². The molecular weight excluding hydrogens is 292 g/mol. The summed E-state index contributed by atoms with van der Waals surface area (Å²) in [5.74, 6) is 0.789. The minimum absolute atomic E-state index is 0.0246. The standard InChI is InChI=1S/C18H26N2O3/c1-13(2)23-16-8-6-15(7-9-16)10-11-19-18(22)17-5-4-12-20(17)14(3)21/h6-9,13,17H,4-5,10-12H2,1-3H3,(H,19,22)/t17-/m1/s1. The molecule has 0 unspecified atom stereocenters. The van der Waals surface area contributed by atoms with Gasteiger partial charge in [-0.2, -0.15) is 0 Å². The van der Waals surface area contributed by atoms with Crippen LogP contribution in [0, 0.1) is 0 Å². The molecular formula is C18H26N2O3. The molecule has 2 rings (SSSR count). The van der Waals surface area contributed by atoms with Gasteiger partial charge >= 0.3 is 0 Å². The van der Waals surface area contributed by atoms with E-state index in [1.54, 1.807) is 4.90 Å². The van der Waals surface area contributed by atoms with Crippen molar-refractivity contribution < 1.29 is 14.3 Å². The van der Waals surface area contributed by atoms with Crippen LogP contribution in [0.25, 0.3) is 0 Å². The number of carbonyl (C=O) groups is 2. The molecule has 1 aromatic carbocycles. The highest BCUT2D eigenvalue weighted by atomic mass is 16.5. The Morgan fingerprint density at radius 2 is 2.00 bits per heavy atom. The molecule has 126 valence electrons. The lowest BCUT2D eigenvalue weighted by molar-refractivity contribution is -0.136. The zero-order chi connectivity index (χ0) is 16.8. The van der Waals surface area contributed by atoms with Gasteiger partial charge in [0.2, 0.25) is 11.8 Å². The lowest BCUT2D eigenvalue weighted by Gasteiger charge is -2.22. The Hall–Kier alpha value is -2.04. The number of ether oxygens (including phenoxy) is 1. The third-order valence-corrected chi connectivity index (χ3v) is 3.97. The third-order valence-electron chi connectivity index (χ3n) is 3.97. The molecule has 2 amide bonds. The van der Waals surface area contributed by atoms with Gasteiger partial charge in [-0.15, -0.1) is 0 Å². The lowest BCUT2D eigenvalue weighted by Crippen LogP contribution is -2.45. The molecule has 0 aliphatic carbocycles. The van der Waals surface area contributed by atoms with E-state index in [9.17, 15) is 9.59 Å². The number of nitrogens with zero attached hydrogens (tertiary/aromatic N) is 1. The van der Waals surface area contributed by atoms with Gasteiger partial charge in [0.1, 0.15) is 11.8 Å². The molecule has 1 aliphatic rings. The molecule has 1 N–H and O–H groups in total. The fourth-order valence-corrected chi connectivity index (χ4v) is 2.87. The molecule has 5 nitrogen and oxygen atoms in total. The highest BCUT2D eigenvalue weighted by molar-refractivity contribution is 5.87. The smallest absolute Gasteiger partial charge is 0.242 e. The van der Waals surface area contributed by atoms with Crippen molar-refractivity contribution in [2.45, 2.75) is 52.2 Å². The van der Waals surface area contributed by atoms with Crippen molar-refractivity contribution >= 4 is 11.8 Å². The van der Waals surface area contributed by atoms with Crippen molar-refractivity contribution in [2.75, 3.05) is 13.1 Å². The number of likely N-dealkylation sites (tertiary alicyclic amines) is 1. The summed E-state index contributed by atoms with van der Waals surface area (Å²) in [5.41, 5.74) is 1.15. The average Bonchev–Trinajstić information content (AvgIpc) is 2.98. The van der Waals surface area contributed by atoms with E-state index in [-0.39, 0.29) is 24.0 Å². The Kier molecular flexibility index (Phi) is 6.02. The summed E-state index contributed by atoms with van der Waals surface area (Å²) in [5, 5.41) is 2.94. The number of rotatable bonds is 6. The second kappa shape index (κ2) is 7.99. The summed E-state index contributed by atoms with van der Waals surface area (Å²) in [7, 11) is 0. The van der Waals surface area contributed by atoms with E-state index in [0.717, 1.165) is 30.6 Å². The quantitative estimate of drug-likeness (QED) is 0.874. The molecule has 0 spiro atoms. The van der Waals surface area contributed by atoms with Gasteiger partial charge in [0, 0.05) is 20.0 Å². The summed E-state index contributed by atoms with van der Waals surface area (Å²) in [6, 6.07) is 7.63. The number of benzene rings is 1. The predicted octanol–water partition coefficient (Wildman–Crippen LogP) is 2.14. The summed E-state index contributed by atoms with van der Waals surface area (Å²) < 4.78 is 5.61. The van der Waals surface area contributed by atoms with Gasteiger partial charge < -0.3 is 15.0 Å². The van der Waals surface area contributed by atoms with Crippen LogP contribution in [0.3, 0.4) is 0 Å². The SMILES string of the molecule is CC(=O)N1CCC[C@@H]1C(=O)NCCc1ccc(OC(C)C)cc1. The molecule has 0 aromatic heterocycles. The minimum Gasteiger partial charge on any atom is -0.491 e. The Morgan fingerprint density at radius 1 is 1.30 bits per heavy atom. The maximum Gasteiger partial charge on any atom is 0.242 e. The van der Waals surface area contributed by atoms with Crippen LogP contribution >= 0.6 is 0 Å². The number of nitrogens with one attached hydrogen (secondary N) is 1. The van der Waals surface area contributed by atoms with Crippen molar-refractivity contribution in [2.24, 2.45) is 0 Å². The van der Waals surface area contributed by atoms with Crippen LogP contribution in [0.4, 0.5) is 0 Å². The molecule has 1 saturated heterocycles. The van der Waals surface area contributed by atoms with Crippen LogP contribution in [-0.4, -0.2) is 41.9 Å². The van der Waals surface area contributed by atoms with Crippen molar-refractivity contribution in [3.8, 4) is 5.75 Å². The topological polar surface area (TPSA) is 58.6 Å². The Morgan fingerprint density at radius 3 is 2.61 bits per heavy atom. The number of hydrogen-bond acceptors (Lipinski definition) is 3. The van der Waals surface area contributed by atoms with Gasteiger partial charge in [0.05, 0.1) is 6.10 Å². The lowest BCUT2D eigenvalue weighted by atomic mass is 10.1. The zero-order valence-corrected chi connectivity index (χ0v) is 14.2. The van der Waals surface area contributed by atoms with Crippen LogP contribution < -0.4 is 10.1 Å². The third kappa shape index (κ3) is 4.98.